The summed E-state index contributed by atoms with van der Waals surface area (Å²) in [6.45, 7) is 2.49. The summed E-state index contributed by atoms with van der Waals surface area (Å²) >= 11 is 0. The van der Waals surface area contributed by atoms with Crippen LogP contribution in [-0.4, -0.2) is 34.5 Å². The molecule has 0 saturated carbocycles. The summed E-state index contributed by atoms with van der Waals surface area (Å²) in [6.07, 6.45) is 5.50. The minimum absolute atomic E-state index is 0.0387. The summed E-state index contributed by atoms with van der Waals surface area (Å²) in [6, 6.07) is 4.11. The summed E-state index contributed by atoms with van der Waals surface area (Å²) in [4.78, 5) is 43.5. The Labute approximate surface area is 176 Å². The number of pyridine rings is 2. The summed E-state index contributed by atoms with van der Waals surface area (Å²) in [5, 5.41) is 2.71. The fourth-order valence-electron chi connectivity index (χ4n) is 4.14. The lowest BCUT2D eigenvalue weighted by Crippen LogP contribution is -2.31. The highest BCUT2D eigenvalue weighted by atomic mass is 19.1. The van der Waals surface area contributed by atoms with E-state index in [4.69, 9.17) is 4.74 Å². The molecule has 1 N–H and O–H groups in total. The van der Waals surface area contributed by atoms with Crippen molar-refractivity contribution in [3.63, 3.8) is 0 Å². The Hall–Kier alpha value is -3.75. The number of aromatic nitrogens is 2. The van der Waals surface area contributed by atoms with Gasteiger partial charge in [-0.15, -0.1) is 0 Å². The first-order chi connectivity index (χ1) is 15.0. The first-order valence-corrected chi connectivity index (χ1v) is 10.0. The molecule has 31 heavy (non-hydrogen) atoms. The molecule has 8 nitrogen and oxygen atoms in total. The number of amides is 2. The van der Waals surface area contributed by atoms with Crippen molar-refractivity contribution in [2.45, 2.75) is 25.8 Å². The van der Waals surface area contributed by atoms with Gasteiger partial charge in [0, 0.05) is 37.2 Å². The van der Waals surface area contributed by atoms with Crippen LogP contribution in [0.15, 0.2) is 41.6 Å². The lowest BCUT2D eigenvalue weighted by Gasteiger charge is -2.30. The molecule has 0 unspecified atom stereocenters. The average Bonchev–Trinajstić information content (AvgIpc) is 3.17. The van der Waals surface area contributed by atoms with Gasteiger partial charge in [0.1, 0.15) is 17.9 Å². The molecule has 0 spiro atoms. The van der Waals surface area contributed by atoms with E-state index in [1.54, 1.807) is 16.7 Å². The SMILES string of the molecule is C[C@H]1COc2c(N3CCCC3=O)c(F)cc3c(=O)c(C(=O)Nc4ccncc4)cn1c23. The van der Waals surface area contributed by atoms with E-state index < -0.39 is 17.2 Å². The minimum atomic E-state index is -0.720. The fourth-order valence-corrected chi connectivity index (χ4v) is 4.14. The van der Waals surface area contributed by atoms with Crippen LogP contribution in [0.1, 0.15) is 36.2 Å². The normalized spacial score (nSPS) is 17.7. The highest BCUT2D eigenvalue weighted by molar-refractivity contribution is 6.07. The van der Waals surface area contributed by atoms with Crippen LogP contribution >= 0.6 is 0 Å². The summed E-state index contributed by atoms with van der Waals surface area (Å²) in [5.41, 5.74) is 0.233. The maximum absolute atomic E-state index is 15.2. The van der Waals surface area contributed by atoms with Crippen LogP contribution in [0.3, 0.4) is 0 Å². The van der Waals surface area contributed by atoms with Gasteiger partial charge in [0.15, 0.2) is 11.6 Å². The minimum Gasteiger partial charge on any atom is -0.487 e. The number of hydrogen-bond acceptors (Lipinski definition) is 5. The zero-order chi connectivity index (χ0) is 21.7. The van der Waals surface area contributed by atoms with Crippen LogP contribution in [0.2, 0.25) is 0 Å². The fraction of sp³-hybridized carbons (Fsp3) is 0.273. The Morgan fingerprint density at radius 3 is 2.77 bits per heavy atom. The van der Waals surface area contributed by atoms with Gasteiger partial charge in [-0.3, -0.25) is 19.4 Å². The van der Waals surface area contributed by atoms with Crippen LogP contribution in [0.4, 0.5) is 15.8 Å². The molecule has 0 radical (unpaired) electrons. The molecule has 1 saturated heterocycles. The van der Waals surface area contributed by atoms with E-state index in [0.29, 0.717) is 30.6 Å². The third-order valence-electron chi connectivity index (χ3n) is 5.67. The number of carbonyl (C=O) groups excluding carboxylic acids is 2. The van der Waals surface area contributed by atoms with Crippen LogP contribution in [0.25, 0.3) is 10.9 Å². The van der Waals surface area contributed by atoms with Crippen LogP contribution in [-0.2, 0) is 4.79 Å². The quantitative estimate of drug-likeness (QED) is 0.701. The molecule has 0 aliphatic carbocycles. The molecule has 2 aliphatic rings. The molecule has 0 bridgehead atoms. The summed E-state index contributed by atoms with van der Waals surface area (Å²) < 4.78 is 22.8. The highest BCUT2D eigenvalue weighted by Crippen LogP contribution is 2.43. The Balaban J connectivity index is 1.71. The number of anilines is 2. The van der Waals surface area contributed by atoms with Gasteiger partial charge in [-0.2, -0.15) is 0 Å². The molecular formula is C22H19FN4O4. The molecule has 5 rings (SSSR count). The molecule has 2 aromatic heterocycles. The Morgan fingerprint density at radius 2 is 2.06 bits per heavy atom. The lowest BCUT2D eigenvalue weighted by atomic mass is 10.1. The first-order valence-electron chi connectivity index (χ1n) is 10.0. The average molecular weight is 422 g/mol. The van der Waals surface area contributed by atoms with E-state index in [-0.39, 0.29) is 40.9 Å². The van der Waals surface area contributed by atoms with Gasteiger partial charge in [-0.05, 0) is 31.5 Å². The molecule has 3 aromatic rings. The molecule has 4 heterocycles. The van der Waals surface area contributed by atoms with E-state index in [1.165, 1.54) is 23.5 Å². The van der Waals surface area contributed by atoms with Gasteiger partial charge in [-0.1, -0.05) is 0 Å². The standard InChI is InChI=1S/C22H19FN4O4/c1-12-11-31-21-18-14(9-16(23)19(21)26-8-2-3-17(26)28)20(29)15(10-27(12)18)22(30)25-13-4-6-24-7-5-13/h4-7,9-10,12H,2-3,8,11H2,1H3,(H,24,25,30)/t12-/m0/s1. The van der Waals surface area contributed by atoms with Gasteiger partial charge in [0.2, 0.25) is 11.3 Å². The predicted molar refractivity (Wildman–Crippen MR) is 112 cm³/mol. The van der Waals surface area contributed by atoms with Crippen molar-refractivity contribution in [1.29, 1.82) is 0 Å². The highest BCUT2D eigenvalue weighted by Gasteiger charge is 2.33. The topological polar surface area (TPSA) is 93.5 Å². The van der Waals surface area contributed by atoms with Crippen LogP contribution in [0, 0.1) is 5.82 Å². The van der Waals surface area contributed by atoms with Gasteiger partial charge in [0.05, 0.1) is 16.9 Å². The van der Waals surface area contributed by atoms with Gasteiger partial charge >= 0.3 is 0 Å². The maximum atomic E-state index is 15.2. The molecular weight excluding hydrogens is 403 g/mol. The van der Waals surface area contributed by atoms with Gasteiger partial charge in [-0.25, -0.2) is 4.39 Å². The lowest BCUT2D eigenvalue weighted by molar-refractivity contribution is -0.117. The number of hydrogen-bond donors (Lipinski definition) is 1. The van der Waals surface area contributed by atoms with Crippen molar-refractivity contribution in [3.8, 4) is 5.75 Å². The molecule has 2 amide bonds. The van der Waals surface area contributed by atoms with E-state index in [2.05, 4.69) is 10.3 Å². The van der Waals surface area contributed by atoms with E-state index >= 15 is 4.39 Å². The Kier molecular flexibility index (Phi) is 4.46. The number of benzene rings is 1. The van der Waals surface area contributed by atoms with Crippen molar-refractivity contribution in [2.75, 3.05) is 23.4 Å². The monoisotopic (exact) mass is 422 g/mol. The number of ether oxygens (including phenoxy) is 1. The van der Waals surface area contributed by atoms with Gasteiger partial charge in [0.25, 0.3) is 5.91 Å². The Bertz CT molecular complexity index is 1290. The number of rotatable bonds is 3. The number of halogens is 1. The molecule has 1 aromatic carbocycles. The summed E-state index contributed by atoms with van der Waals surface area (Å²) in [7, 11) is 0. The number of carbonyl (C=O) groups is 2. The predicted octanol–water partition coefficient (Wildman–Crippen LogP) is 2.87. The van der Waals surface area contributed by atoms with Crippen LogP contribution in [0.5, 0.6) is 5.75 Å². The van der Waals surface area contributed by atoms with E-state index in [0.717, 1.165) is 6.07 Å². The molecule has 1 fully saturated rings. The second-order valence-corrected chi connectivity index (χ2v) is 7.71. The second kappa shape index (κ2) is 7.19. The number of nitrogens with one attached hydrogen (secondary N) is 1. The van der Waals surface area contributed by atoms with Crippen molar-refractivity contribution in [2.24, 2.45) is 0 Å². The van der Waals surface area contributed by atoms with E-state index in [1.807, 2.05) is 6.92 Å². The van der Waals surface area contributed by atoms with Crippen molar-refractivity contribution in [1.82, 2.24) is 9.55 Å². The zero-order valence-electron chi connectivity index (χ0n) is 16.7. The number of nitrogens with zero attached hydrogens (tertiary/aromatic N) is 3. The zero-order valence-corrected chi connectivity index (χ0v) is 16.7. The third kappa shape index (κ3) is 3.04. The molecule has 2 aliphatic heterocycles. The maximum Gasteiger partial charge on any atom is 0.261 e. The second-order valence-electron chi connectivity index (χ2n) is 7.71. The van der Waals surface area contributed by atoms with Gasteiger partial charge < -0.3 is 19.5 Å². The molecule has 158 valence electrons. The van der Waals surface area contributed by atoms with Crippen molar-refractivity contribution < 1.29 is 18.7 Å². The third-order valence-corrected chi connectivity index (χ3v) is 5.67. The smallest absolute Gasteiger partial charge is 0.261 e. The Morgan fingerprint density at radius 1 is 1.29 bits per heavy atom. The van der Waals surface area contributed by atoms with Crippen molar-refractivity contribution >= 4 is 34.1 Å². The molecule has 9 heteroatoms. The van der Waals surface area contributed by atoms with E-state index in [9.17, 15) is 14.4 Å². The first kappa shape index (κ1) is 19.2. The van der Waals surface area contributed by atoms with Crippen molar-refractivity contribution in [3.05, 3.63) is 58.4 Å². The summed E-state index contributed by atoms with van der Waals surface area (Å²) in [5.74, 6) is -1.33. The largest absolute Gasteiger partial charge is 0.487 e. The molecule has 1 atom stereocenters. The van der Waals surface area contributed by atoms with Crippen LogP contribution < -0.4 is 20.4 Å².